The van der Waals surface area contributed by atoms with Crippen molar-refractivity contribution in [2.45, 2.75) is 0 Å². The Morgan fingerprint density at radius 2 is 2.06 bits per heavy atom. The first-order valence-corrected chi connectivity index (χ1v) is 6.45. The Kier molecular flexibility index (Phi) is 3.97. The van der Waals surface area contributed by atoms with Crippen LogP contribution in [0.3, 0.4) is 0 Å². The summed E-state index contributed by atoms with van der Waals surface area (Å²) < 4.78 is 5.34. The van der Waals surface area contributed by atoms with Gasteiger partial charge in [-0.3, -0.25) is 0 Å². The predicted molar refractivity (Wildman–Crippen MR) is 70.6 cm³/mol. The quantitative estimate of drug-likeness (QED) is 0.896. The molecule has 94 valence electrons. The minimum Gasteiger partial charge on any atom is -0.477 e. The third-order valence-corrected chi connectivity index (χ3v) is 3.98. The number of carboxylic acid groups (broad SMARTS) is 1. The van der Waals surface area contributed by atoms with E-state index in [0.717, 1.165) is 11.3 Å². The molecule has 4 nitrogen and oxygen atoms in total. The fourth-order valence-electron chi connectivity index (χ4n) is 1.12. The Labute approximate surface area is 121 Å². The molecule has 1 heterocycles. The molecule has 2 aromatic rings. The Morgan fingerprint density at radius 3 is 2.67 bits per heavy atom. The van der Waals surface area contributed by atoms with Crippen molar-refractivity contribution >= 4 is 52.1 Å². The van der Waals surface area contributed by atoms with E-state index in [-0.39, 0.29) is 26.0 Å². The van der Waals surface area contributed by atoms with Crippen molar-refractivity contribution in [3.05, 3.63) is 38.3 Å². The lowest BCUT2D eigenvalue weighted by atomic mass is 10.3. The van der Waals surface area contributed by atoms with Gasteiger partial charge in [0, 0.05) is 0 Å². The highest BCUT2D eigenvalue weighted by atomic mass is 35.5. The second kappa shape index (κ2) is 5.32. The van der Waals surface area contributed by atoms with Crippen molar-refractivity contribution in [2.75, 3.05) is 0 Å². The molecule has 0 saturated carbocycles. The van der Waals surface area contributed by atoms with Crippen molar-refractivity contribution in [1.82, 2.24) is 4.98 Å². The van der Waals surface area contributed by atoms with Crippen molar-refractivity contribution in [3.63, 3.8) is 0 Å². The zero-order chi connectivity index (χ0) is 13.3. The van der Waals surface area contributed by atoms with Gasteiger partial charge in [-0.25, -0.2) is 4.79 Å². The molecular formula is C10H4Cl3NO3S. The third kappa shape index (κ3) is 2.70. The van der Waals surface area contributed by atoms with Crippen LogP contribution in [0.4, 0.5) is 0 Å². The maximum Gasteiger partial charge on any atom is 0.349 e. The number of carbonyl (C=O) groups is 1. The van der Waals surface area contributed by atoms with Gasteiger partial charge in [-0.15, -0.1) is 0 Å². The van der Waals surface area contributed by atoms with Crippen molar-refractivity contribution in [2.24, 2.45) is 0 Å². The minimum absolute atomic E-state index is 0.0848. The molecule has 0 fully saturated rings. The highest BCUT2D eigenvalue weighted by Gasteiger charge is 2.18. The molecule has 18 heavy (non-hydrogen) atoms. The van der Waals surface area contributed by atoms with Crippen LogP contribution < -0.4 is 4.74 Å². The van der Waals surface area contributed by atoms with Crippen LogP contribution in [0.5, 0.6) is 10.9 Å². The molecule has 0 atom stereocenters. The summed E-state index contributed by atoms with van der Waals surface area (Å²) in [6.45, 7) is 0. The maximum absolute atomic E-state index is 10.8. The van der Waals surface area contributed by atoms with Gasteiger partial charge >= 0.3 is 5.97 Å². The van der Waals surface area contributed by atoms with Gasteiger partial charge in [0.1, 0.15) is 10.8 Å². The van der Waals surface area contributed by atoms with E-state index in [1.54, 1.807) is 18.2 Å². The first kappa shape index (κ1) is 13.4. The van der Waals surface area contributed by atoms with Gasteiger partial charge in [-0.2, -0.15) is 4.98 Å². The topological polar surface area (TPSA) is 59.4 Å². The monoisotopic (exact) mass is 323 g/mol. The normalized spacial score (nSPS) is 10.4. The van der Waals surface area contributed by atoms with Crippen LogP contribution >= 0.6 is 46.1 Å². The number of hydrogen-bond donors (Lipinski definition) is 1. The summed E-state index contributed by atoms with van der Waals surface area (Å²) in [5, 5.41) is 9.34. The number of hydrogen-bond acceptors (Lipinski definition) is 4. The fourth-order valence-corrected chi connectivity index (χ4v) is 2.43. The second-order valence-electron chi connectivity index (χ2n) is 3.06. The lowest BCUT2D eigenvalue weighted by Crippen LogP contribution is -1.91. The third-order valence-electron chi connectivity index (χ3n) is 1.87. The van der Waals surface area contributed by atoms with E-state index in [9.17, 15) is 4.79 Å². The van der Waals surface area contributed by atoms with Crippen LogP contribution in [0.25, 0.3) is 0 Å². The second-order valence-corrected chi connectivity index (χ2v) is 5.16. The van der Waals surface area contributed by atoms with E-state index in [1.807, 2.05) is 0 Å². The zero-order valence-electron chi connectivity index (χ0n) is 8.49. The Morgan fingerprint density at radius 1 is 1.33 bits per heavy atom. The number of thiazole rings is 1. The van der Waals surface area contributed by atoms with E-state index in [2.05, 4.69) is 4.98 Å². The van der Waals surface area contributed by atoms with Crippen LogP contribution in [0.15, 0.2) is 18.2 Å². The summed E-state index contributed by atoms with van der Waals surface area (Å²) in [6, 6.07) is 4.84. The molecule has 0 saturated heterocycles. The molecule has 1 N–H and O–H groups in total. The average molecular weight is 325 g/mol. The molecule has 2 rings (SSSR count). The van der Waals surface area contributed by atoms with E-state index in [1.165, 1.54) is 0 Å². The predicted octanol–water partition coefficient (Wildman–Crippen LogP) is 4.59. The van der Waals surface area contributed by atoms with Crippen LogP contribution in [0.1, 0.15) is 9.67 Å². The minimum atomic E-state index is -1.16. The highest BCUT2D eigenvalue weighted by Crippen LogP contribution is 2.37. The molecule has 0 unspecified atom stereocenters. The first-order chi connectivity index (χ1) is 8.49. The Bertz CT molecular complexity index is 614. The number of benzene rings is 1. The van der Waals surface area contributed by atoms with Crippen LogP contribution in [-0.4, -0.2) is 16.1 Å². The standard InChI is InChI=1S/C10H4Cl3NO3S/c11-4-2-1-3-5(6(4)12)17-10-14-8(13)7(18-10)9(15)16/h1-3H,(H,15,16). The van der Waals surface area contributed by atoms with Gasteiger partial charge < -0.3 is 9.84 Å². The molecule has 0 aliphatic rings. The fraction of sp³-hybridized carbons (Fsp3) is 0. The number of nitrogens with zero attached hydrogens (tertiary/aromatic N) is 1. The molecule has 8 heteroatoms. The summed E-state index contributed by atoms with van der Waals surface area (Å²) in [4.78, 5) is 14.5. The van der Waals surface area contributed by atoms with E-state index in [0.29, 0.717) is 5.02 Å². The summed E-state index contributed by atoms with van der Waals surface area (Å²) in [6.07, 6.45) is 0. The summed E-state index contributed by atoms with van der Waals surface area (Å²) >= 11 is 18.2. The van der Waals surface area contributed by atoms with E-state index >= 15 is 0 Å². The SMILES string of the molecule is O=C(O)c1sc(Oc2cccc(Cl)c2Cl)nc1Cl. The number of halogens is 3. The molecule has 0 aliphatic heterocycles. The molecule has 1 aromatic heterocycles. The molecule has 0 aliphatic carbocycles. The molecular weight excluding hydrogens is 321 g/mol. The number of rotatable bonds is 3. The van der Waals surface area contributed by atoms with E-state index < -0.39 is 5.97 Å². The van der Waals surface area contributed by atoms with E-state index in [4.69, 9.17) is 44.6 Å². The van der Waals surface area contributed by atoms with Gasteiger partial charge in [0.2, 0.25) is 0 Å². The molecule has 1 aromatic carbocycles. The highest BCUT2D eigenvalue weighted by molar-refractivity contribution is 7.15. The smallest absolute Gasteiger partial charge is 0.349 e. The van der Waals surface area contributed by atoms with Gasteiger partial charge in [0.15, 0.2) is 10.0 Å². The number of ether oxygens (including phenoxy) is 1. The summed E-state index contributed by atoms with van der Waals surface area (Å²) in [5.41, 5.74) is 0. The lowest BCUT2D eigenvalue weighted by Gasteiger charge is -2.04. The van der Waals surface area contributed by atoms with Gasteiger partial charge in [0.05, 0.1) is 5.02 Å². The molecule has 0 amide bonds. The van der Waals surface area contributed by atoms with Crippen molar-refractivity contribution < 1.29 is 14.6 Å². The number of carboxylic acids is 1. The summed E-state index contributed by atoms with van der Waals surface area (Å²) in [5.74, 6) is -0.879. The lowest BCUT2D eigenvalue weighted by molar-refractivity contribution is 0.0702. The largest absolute Gasteiger partial charge is 0.477 e. The Balaban J connectivity index is 2.32. The van der Waals surface area contributed by atoms with Gasteiger partial charge in [-0.1, -0.05) is 52.2 Å². The number of aromatic nitrogens is 1. The number of aromatic carboxylic acids is 1. The molecule has 0 bridgehead atoms. The van der Waals surface area contributed by atoms with Gasteiger partial charge in [-0.05, 0) is 12.1 Å². The molecule has 0 spiro atoms. The first-order valence-electron chi connectivity index (χ1n) is 4.50. The van der Waals surface area contributed by atoms with Gasteiger partial charge in [0.25, 0.3) is 5.19 Å². The Hall–Kier alpha value is -1.01. The maximum atomic E-state index is 10.8. The summed E-state index contributed by atoms with van der Waals surface area (Å²) in [7, 11) is 0. The molecule has 0 radical (unpaired) electrons. The average Bonchev–Trinajstić information content (AvgIpc) is 2.66. The van der Waals surface area contributed by atoms with Crippen LogP contribution in [0.2, 0.25) is 15.2 Å². The van der Waals surface area contributed by atoms with Crippen molar-refractivity contribution in [1.29, 1.82) is 0 Å². The van der Waals surface area contributed by atoms with Crippen LogP contribution in [-0.2, 0) is 0 Å². The van der Waals surface area contributed by atoms with Crippen LogP contribution in [0, 0.1) is 0 Å². The zero-order valence-corrected chi connectivity index (χ0v) is 11.6. The van der Waals surface area contributed by atoms with Crippen molar-refractivity contribution in [3.8, 4) is 10.9 Å².